The zero-order chi connectivity index (χ0) is 18.5. The Morgan fingerprint density at radius 2 is 2.12 bits per heavy atom. The van der Waals surface area contributed by atoms with Gasteiger partial charge in [0, 0.05) is 24.2 Å². The largest absolute Gasteiger partial charge is 0.487 e. The van der Waals surface area contributed by atoms with Crippen molar-refractivity contribution in [3.63, 3.8) is 0 Å². The first-order chi connectivity index (χ1) is 12.5. The molecule has 136 valence electrons. The number of carbonyl (C=O) groups excluding carboxylic acids is 1. The van der Waals surface area contributed by atoms with E-state index < -0.39 is 0 Å². The van der Waals surface area contributed by atoms with Crippen molar-refractivity contribution in [2.75, 3.05) is 0 Å². The molecule has 0 aliphatic heterocycles. The Labute approximate surface area is 150 Å². The van der Waals surface area contributed by atoms with Crippen LogP contribution in [0.25, 0.3) is 0 Å². The van der Waals surface area contributed by atoms with Gasteiger partial charge in [0.2, 0.25) is 0 Å². The molecule has 3 N–H and O–H groups in total. The molecule has 0 aliphatic rings. The molecule has 0 bridgehead atoms. The highest BCUT2D eigenvalue weighted by molar-refractivity contribution is 5.92. The van der Waals surface area contributed by atoms with Gasteiger partial charge in [-0.2, -0.15) is 10.2 Å². The van der Waals surface area contributed by atoms with Crippen LogP contribution in [-0.2, 0) is 13.0 Å². The first-order valence-electron chi connectivity index (χ1n) is 8.24. The summed E-state index contributed by atoms with van der Waals surface area (Å²) in [6.45, 7) is 3.99. The van der Waals surface area contributed by atoms with Gasteiger partial charge in [-0.05, 0) is 38.1 Å². The number of amides is 1. The standard InChI is InChI=1S/C18H20FN5O2/c1-11(6-14-7-12(2)21-22-14)20-18(25)17-9-15(23-24-17)10-26-16-5-3-4-13(19)8-16/h3-5,7-9,11H,6,10H2,1-2H3,(H,20,25)(H,21,22)(H,23,24)/t11-/m0/s1. The molecule has 26 heavy (non-hydrogen) atoms. The van der Waals surface area contributed by atoms with Crippen molar-refractivity contribution in [2.45, 2.75) is 32.9 Å². The van der Waals surface area contributed by atoms with E-state index in [0.717, 1.165) is 11.4 Å². The van der Waals surface area contributed by atoms with Gasteiger partial charge in [0.15, 0.2) is 0 Å². The second kappa shape index (κ2) is 7.81. The Balaban J connectivity index is 1.52. The first-order valence-corrected chi connectivity index (χ1v) is 8.24. The Bertz CT molecular complexity index is 889. The summed E-state index contributed by atoms with van der Waals surface area (Å²) < 4.78 is 18.6. The summed E-state index contributed by atoms with van der Waals surface area (Å²) in [6.07, 6.45) is 0.621. The van der Waals surface area contributed by atoms with Crippen molar-refractivity contribution >= 4 is 5.91 Å². The molecule has 3 aromatic rings. The zero-order valence-corrected chi connectivity index (χ0v) is 14.5. The predicted octanol–water partition coefficient (Wildman–Crippen LogP) is 2.52. The maximum absolute atomic E-state index is 13.1. The topological polar surface area (TPSA) is 95.7 Å². The van der Waals surface area contributed by atoms with E-state index in [1.54, 1.807) is 18.2 Å². The summed E-state index contributed by atoms with van der Waals surface area (Å²) in [7, 11) is 0. The van der Waals surface area contributed by atoms with E-state index in [2.05, 4.69) is 25.7 Å². The molecule has 0 unspecified atom stereocenters. The number of aryl methyl sites for hydroxylation is 1. The molecule has 0 saturated carbocycles. The third-order valence-electron chi connectivity index (χ3n) is 3.71. The minimum absolute atomic E-state index is 0.0890. The van der Waals surface area contributed by atoms with E-state index in [4.69, 9.17) is 4.74 Å². The van der Waals surface area contributed by atoms with Crippen LogP contribution in [0.4, 0.5) is 4.39 Å². The number of nitrogens with zero attached hydrogens (tertiary/aromatic N) is 2. The fraction of sp³-hybridized carbons (Fsp3) is 0.278. The molecule has 1 amide bonds. The molecule has 1 aromatic carbocycles. The van der Waals surface area contributed by atoms with Gasteiger partial charge in [-0.25, -0.2) is 4.39 Å². The number of aromatic amines is 2. The summed E-state index contributed by atoms with van der Waals surface area (Å²) in [4.78, 5) is 12.3. The second-order valence-electron chi connectivity index (χ2n) is 6.15. The van der Waals surface area contributed by atoms with E-state index in [1.807, 2.05) is 19.9 Å². The molecule has 2 heterocycles. The Kier molecular flexibility index (Phi) is 5.31. The lowest BCUT2D eigenvalue weighted by Crippen LogP contribution is -2.34. The van der Waals surface area contributed by atoms with E-state index in [9.17, 15) is 9.18 Å². The lowest BCUT2D eigenvalue weighted by Gasteiger charge is -2.11. The Morgan fingerprint density at radius 3 is 2.85 bits per heavy atom. The lowest BCUT2D eigenvalue weighted by molar-refractivity contribution is 0.0935. The molecule has 0 radical (unpaired) electrons. The third-order valence-corrected chi connectivity index (χ3v) is 3.71. The number of ether oxygens (including phenoxy) is 1. The van der Waals surface area contributed by atoms with E-state index in [1.165, 1.54) is 12.1 Å². The number of benzene rings is 1. The summed E-state index contributed by atoms with van der Waals surface area (Å²) >= 11 is 0. The Hall–Kier alpha value is -3.16. The molecule has 3 rings (SSSR count). The van der Waals surface area contributed by atoms with Crippen molar-refractivity contribution in [2.24, 2.45) is 0 Å². The average molecular weight is 357 g/mol. The van der Waals surface area contributed by atoms with Gasteiger partial charge < -0.3 is 10.1 Å². The van der Waals surface area contributed by atoms with E-state index in [0.29, 0.717) is 17.9 Å². The predicted molar refractivity (Wildman–Crippen MR) is 93.3 cm³/mol. The molecule has 8 heteroatoms. The molecular formula is C18H20FN5O2. The van der Waals surface area contributed by atoms with Gasteiger partial charge in [0.25, 0.3) is 5.91 Å². The molecule has 0 fully saturated rings. The molecule has 0 spiro atoms. The maximum atomic E-state index is 13.1. The van der Waals surface area contributed by atoms with Crippen LogP contribution in [0.15, 0.2) is 36.4 Å². The molecule has 7 nitrogen and oxygen atoms in total. The van der Waals surface area contributed by atoms with Crippen molar-refractivity contribution in [1.29, 1.82) is 0 Å². The van der Waals surface area contributed by atoms with Gasteiger partial charge >= 0.3 is 0 Å². The number of H-pyrrole nitrogens is 2. The number of hydrogen-bond acceptors (Lipinski definition) is 4. The smallest absolute Gasteiger partial charge is 0.271 e. The van der Waals surface area contributed by atoms with Gasteiger partial charge in [-0.3, -0.25) is 15.0 Å². The van der Waals surface area contributed by atoms with Crippen LogP contribution >= 0.6 is 0 Å². The minimum Gasteiger partial charge on any atom is -0.487 e. The number of halogens is 1. The van der Waals surface area contributed by atoms with Crippen LogP contribution in [0.1, 0.15) is 34.5 Å². The fourth-order valence-corrected chi connectivity index (χ4v) is 2.51. The highest BCUT2D eigenvalue weighted by atomic mass is 19.1. The van der Waals surface area contributed by atoms with Crippen molar-refractivity contribution in [3.8, 4) is 5.75 Å². The molecule has 2 aromatic heterocycles. The van der Waals surface area contributed by atoms with Gasteiger partial charge in [-0.15, -0.1) is 0 Å². The minimum atomic E-state index is -0.367. The average Bonchev–Trinajstić information content (AvgIpc) is 3.22. The quantitative estimate of drug-likeness (QED) is 0.605. The molecule has 0 aliphatic carbocycles. The fourth-order valence-electron chi connectivity index (χ4n) is 2.51. The molecule has 1 atom stereocenters. The van der Waals surface area contributed by atoms with Crippen molar-refractivity contribution < 1.29 is 13.9 Å². The van der Waals surface area contributed by atoms with Crippen LogP contribution in [0.5, 0.6) is 5.75 Å². The van der Waals surface area contributed by atoms with Gasteiger partial charge in [0.1, 0.15) is 23.9 Å². The second-order valence-corrected chi connectivity index (χ2v) is 6.15. The lowest BCUT2D eigenvalue weighted by atomic mass is 10.1. The zero-order valence-electron chi connectivity index (χ0n) is 14.5. The van der Waals surface area contributed by atoms with Crippen LogP contribution in [0, 0.1) is 12.7 Å². The van der Waals surface area contributed by atoms with Crippen LogP contribution in [-0.4, -0.2) is 32.3 Å². The van der Waals surface area contributed by atoms with Crippen molar-refractivity contribution in [1.82, 2.24) is 25.7 Å². The highest BCUT2D eigenvalue weighted by Gasteiger charge is 2.15. The first kappa shape index (κ1) is 17.7. The van der Waals surface area contributed by atoms with E-state index in [-0.39, 0.29) is 30.1 Å². The molecular weight excluding hydrogens is 337 g/mol. The highest BCUT2D eigenvalue weighted by Crippen LogP contribution is 2.14. The Morgan fingerprint density at radius 1 is 1.27 bits per heavy atom. The van der Waals surface area contributed by atoms with Crippen LogP contribution in [0.2, 0.25) is 0 Å². The van der Waals surface area contributed by atoms with E-state index >= 15 is 0 Å². The molecule has 0 saturated heterocycles. The number of carbonyl (C=O) groups is 1. The van der Waals surface area contributed by atoms with Crippen LogP contribution < -0.4 is 10.1 Å². The number of nitrogens with one attached hydrogen (secondary N) is 3. The van der Waals surface area contributed by atoms with Gasteiger partial charge in [-0.1, -0.05) is 6.07 Å². The van der Waals surface area contributed by atoms with Crippen LogP contribution in [0.3, 0.4) is 0 Å². The van der Waals surface area contributed by atoms with Gasteiger partial charge in [0.05, 0.1) is 11.4 Å². The summed E-state index contributed by atoms with van der Waals surface area (Å²) in [6, 6.07) is 9.33. The monoisotopic (exact) mass is 357 g/mol. The summed E-state index contributed by atoms with van der Waals surface area (Å²) in [5.41, 5.74) is 2.76. The number of aromatic nitrogens is 4. The summed E-state index contributed by atoms with van der Waals surface area (Å²) in [5, 5.41) is 16.7. The summed E-state index contributed by atoms with van der Waals surface area (Å²) in [5.74, 6) is -0.236. The third kappa shape index (κ3) is 4.69. The normalized spacial score (nSPS) is 12.0. The number of rotatable bonds is 7. The SMILES string of the molecule is Cc1cc(C[C@H](C)NC(=O)c2cc(COc3cccc(F)c3)[nH]n2)n[nH]1. The maximum Gasteiger partial charge on any atom is 0.271 e. The number of hydrogen-bond donors (Lipinski definition) is 3. The van der Waals surface area contributed by atoms with Crippen molar-refractivity contribution in [3.05, 3.63) is 65.0 Å².